The summed E-state index contributed by atoms with van der Waals surface area (Å²) in [6, 6.07) is 19.0. The van der Waals surface area contributed by atoms with E-state index >= 15 is 0 Å². The highest BCUT2D eigenvalue weighted by Gasteiger charge is 2.17. The number of benzene rings is 2. The first-order chi connectivity index (χ1) is 12.2. The first-order valence-corrected chi connectivity index (χ1v) is 8.24. The molecular weight excluding hydrogens is 316 g/mol. The largest absolute Gasteiger partial charge is 0.481 e. The molecule has 3 aromatic rings. The first-order valence-electron chi connectivity index (χ1n) is 8.24. The van der Waals surface area contributed by atoms with E-state index in [2.05, 4.69) is 29.5 Å². The molecule has 5 heteroatoms. The van der Waals surface area contributed by atoms with Gasteiger partial charge in [0.05, 0.1) is 0 Å². The van der Waals surface area contributed by atoms with Crippen LogP contribution in [-0.4, -0.2) is 17.2 Å². The Kier molecular flexibility index (Phi) is 5.14. The number of aromatic nitrogens is 1. The molecule has 25 heavy (non-hydrogen) atoms. The van der Waals surface area contributed by atoms with Crippen LogP contribution in [0.2, 0.25) is 0 Å². The summed E-state index contributed by atoms with van der Waals surface area (Å²) in [6.07, 6.45) is 0.333. The molecule has 0 radical (unpaired) electrons. The number of carbonyl (C=O) groups is 1. The van der Waals surface area contributed by atoms with Gasteiger partial charge in [-0.15, -0.1) is 0 Å². The molecule has 128 valence electrons. The van der Waals surface area contributed by atoms with Gasteiger partial charge in [-0.2, -0.15) is 0 Å². The fourth-order valence-corrected chi connectivity index (χ4v) is 2.36. The molecule has 1 amide bonds. The highest BCUT2D eigenvalue weighted by molar-refractivity contribution is 5.93. The predicted octanol–water partition coefficient (Wildman–Crippen LogP) is 4.31. The molecule has 0 saturated carbocycles. The van der Waals surface area contributed by atoms with Gasteiger partial charge in [0, 0.05) is 11.6 Å². The summed E-state index contributed by atoms with van der Waals surface area (Å²) < 4.78 is 10.8. The number of nitrogens with one attached hydrogen (secondary N) is 1. The topological polar surface area (TPSA) is 64.4 Å². The highest BCUT2D eigenvalue weighted by atomic mass is 16.5. The lowest BCUT2D eigenvalue weighted by molar-refractivity contribution is -0.122. The zero-order valence-corrected chi connectivity index (χ0v) is 14.2. The summed E-state index contributed by atoms with van der Waals surface area (Å²) in [5.41, 5.74) is 2.87. The lowest BCUT2D eigenvalue weighted by Gasteiger charge is -2.13. The molecule has 0 saturated heterocycles. The second kappa shape index (κ2) is 7.66. The van der Waals surface area contributed by atoms with Gasteiger partial charge in [-0.3, -0.25) is 10.1 Å². The van der Waals surface area contributed by atoms with Crippen LogP contribution in [0.5, 0.6) is 5.75 Å². The number of anilines is 1. The maximum atomic E-state index is 12.2. The normalized spacial score (nSPS) is 11.8. The molecule has 1 N–H and O–H groups in total. The molecule has 5 nitrogen and oxygen atoms in total. The zero-order valence-electron chi connectivity index (χ0n) is 14.2. The number of ether oxygens (including phenoxy) is 1. The van der Waals surface area contributed by atoms with E-state index in [1.54, 1.807) is 25.1 Å². The molecule has 0 aliphatic heterocycles. The fraction of sp³-hybridized carbons (Fsp3) is 0.200. The molecule has 1 aromatic heterocycles. The van der Waals surface area contributed by atoms with Crippen molar-refractivity contribution in [1.29, 1.82) is 0 Å². The van der Waals surface area contributed by atoms with Crippen LogP contribution in [0.3, 0.4) is 0 Å². The molecule has 1 unspecified atom stereocenters. The highest BCUT2D eigenvalue weighted by Crippen LogP contribution is 2.22. The molecule has 0 bridgehead atoms. The number of para-hydroxylation sites is 1. The number of carbonyl (C=O) groups excluding carboxylic acids is 1. The van der Waals surface area contributed by atoms with Crippen molar-refractivity contribution in [1.82, 2.24) is 5.16 Å². The molecule has 2 aromatic carbocycles. The van der Waals surface area contributed by atoms with E-state index in [0.717, 1.165) is 12.0 Å². The number of aryl methyl sites for hydroxylation is 1. The van der Waals surface area contributed by atoms with Crippen LogP contribution in [0, 0.1) is 0 Å². The SMILES string of the molecule is CCc1ccc(-c2cc(NC(=O)C(C)Oc3ccccc3)on2)cc1. The third-order valence-electron chi connectivity index (χ3n) is 3.84. The van der Waals surface area contributed by atoms with E-state index in [9.17, 15) is 4.79 Å². The summed E-state index contributed by atoms with van der Waals surface area (Å²) >= 11 is 0. The van der Waals surface area contributed by atoms with Crippen LogP contribution in [0.15, 0.2) is 65.2 Å². The standard InChI is InChI=1S/C20H20N2O3/c1-3-15-9-11-16(12-10-15)18-13-19(25-22-18)21-20(23)14(2)24-17-7-5-4-6-8-17/h4-14H,3H2,1-2H3,(H,21,23). The summed E-state index contributed by atoms with van der Waals surface area (Å²) in [4.78, 5) is 12.2. The second-order valence-corrected chi connectivity index (χ2v) is 5.69. The molecule has 1 atom stereocenters. The van der Waals surface area contributed by atoms with Crippen molar-refractivity contribution < 1.29 is 14.1 Å². The third-order valence-corrected chi connectivity index (χ3v) is 3.84. The Morgan fingerprint density at radius 2 is 1.88 bits per heavy atom. The zero-order chi connectivity index (χ0) is 17.6. The molecule has 0 fully saturated rings. The minimum Gasteiger partial charge on any atom is -0.481 e. The Morgan fingerprint density at radius 1 is 1.16 bits per heavy atom. The van der Waals surface area contributed by atoms with Crippen molar-refractivity contribution in [2.24, 2.45) is 0 Å². The molecule has 1 heterocycles. The van der Waals surface area contributed by atoms with Crippen molar-refractivity contribution in [3.05, 3.63) is 66.2 Å². The Balaban J connectivity index is 1.63. The van der Waals surface area contributed by atoms with Gasteiger partial charge < -0.3 is 9.26 Å². The van der Waals surface area contributed by atoms with Gasteiger partial charge in [-0.1, -0.05) is 54.5 Å². The van der Waals surface area contributed by atoms with Crippen LogP contribution in [0.25, 0.3) is 11.3 Å². The Morgan fingerprint density at radius 3 is 2.56 bits per heavy atom. The van der Waals surface area contributed by atoms with Gasteiger partial charge in [0.15, 0.2) is 6.10 Å². The van der Waals surface area contributed by atoms with Crippen molar-refractivity contribution in [2.45, 2.75) is 26.4 Å². The molecule has 0 spiro atoms. The van der Waals surface area contributed by atoms with E-state index < -0.39 is 6.10 Å². The smallest absolute Gasteiger partial charge is 0.267 e. The van der Waals surface area contributed by atoms with Gasteiger partial charge >= 0.3 is 0 Å². The maximum Gasteiger partial charge on any atom is 0.267 e. The van der Waals surface area contributed by atoms with E-state index in [1.807, 2.05) is 30.3 Å². The minimum absolute atomic E-state index is 0.295. The summed E-state index contributed by atoms with van der Waals surface area (Å²) in [7, 11) is 0. The molecule has 0 aliphatic carbocycles. The molecular formula is C20H20N2O3. The number of rotatable bonds is 6. The average molecular weight is 336 g/mol. The quantitative estimate of drug-likeness (QED) is 0.728. The van der Waals surface area contributed by atoms with Gasteiger partial charge in [-0.25, -0.2) is 0 Å². The van der Waals surface area contributed by atoms with E-state index in [4.69, 9.17) is 9.26 Å². The molecule has 3 rings (SSSR count). The third kappa shape index (κ3) is 4.26. The van der Waals surface area contributed by atoms with Crippen LogP contribution >= 0.6 is 0 Å². The summed E-state index contributed by atoms with van der Waals surface area (Å²) in [5.74, 6) is 0.635. The van der Waals surface area contributed by atoms with Crippen LogP contribution in [0.4, 0.5) is 5.88 Å². The van der Waals surface area contributed by atoms with Crippen LogP contribution < -0.4 is 10.1 Å². The van der Waals surface area contributed by atoms with Gasteiger partial charge in [0.2, 0.25) is 5.88 Å². The van der Waals surface area contributed by atoms with Gasteiger partial charge in [0.25, 0.3) is 5.91 Å². The lowest BCUT2D eigenvalue weighted by atomic mass is 10.1. The first kappa shape index (κ1) is 16.8. The monoisotopic (exact) mass is 336 g/mol. The predicted molar refractivity (Wildman–Crippen MR) is 96.5 cm³/mol. The Labute approximate surface area is 146 Å². The maximum absolute atomic E-state index is 12.2. The van der Waals surface area contributed by atoms with Crippen molar-refractivity contribution >= 4 is 11.8 Å². The van der Waals surface area contributed by atoms with Crippen LogP contribution in [-0.2, 0) is 11.2 Å². The lowest BCUT2D eigenvalue weighted by Crippen LogP contribution is -2.29. The van der Waals surface area contributed by atoms with Crippen LogP contribution in [0.1, 0.15) is 19.4 Å². The van der Waals surface area contributed by atoms with Crippen molar-refractivity contribution in [2.75, 3.05) is 5.32 Å². The van der Waals surface area contributed by atoms with Crippen molar-refractivity contribution in [3.8, 4) is 17.0 Å². The van der Waals surface area contributed by atoms with Gasteiger partial charge in [0.1, 0.15) is 11.4 Å². The fourth-order valence-electron chi connectivity index (χ4n) is 2.36. The minimum atomic E-state index is -0.653. The second-order valence-electron chi connectivity index (χ2n) is 5.69. The number of amides is 1. The number of hydrogen-bond donors (Lipinski definition) is 1. The van der Waals surface area contributed by atoms with Crippen molar-refractivity contribution in [3.63, 3.8) is 0 Å². The Hall–Kier alpha value is -3.08. The van der Waals surface area contributed by atoms with E-state index in [1.165, 1.54) is 5.56 Å². The molecule has 0 aliphatic rings. The average Bonchev–Trinajstić information content (AvgIpc) is 3.11. The number of hydrogen-bond acceptors (Lipinski definition) is 4. The Bertz CT molecular complexity index is 826. The van der Waals surface area contributed by atoms with E-state index in [-0.39, 0.29) is 5.91 Å². The summed E-state index contributed by atoms with van der Waals surface area (Å²) in [5, 5.41) is 6.69. The number of nitrogens with zero attached hydrogens (tertiary/aromatic N) is 1. The summed E-state index contributed by atoms with van der Waals surface area (Å²) in [6.45, 7) is 3.79. The van der Waals surface area contributed by atoms with Gasteiger partial charge in [-0.05, 0) is 31.0 Å². The van der Waals surface area contributed by atoms with E-state index in [0.29, 0.717) is 17.3 Å².